The van der Waals surface area contributed by atoms with Gasteiger partial charge in [0.1, 0.15) is 0 Å². The highest BCUT2D eigenvalue weighted by atomic mass is 16.1. The zero-order chi connectivity index (χ0) is 9.84. The van der Waals surface area contributed by atoms with E-state index in [0.29, 0.717) is 11.1 Å². The number of rotatable bonds is 2. The molecule has 0 radical (unpaired) electrons. The maximum absolute atomic E-state index is 11.7. The highest BCUT2D eigenvalue weighted by Gasteiger charge is 2.00. The van der Waals surface area contributed by atoms with E-state index in [-0.39, 0.29) is 5.43 Å². The van der Waals surface area contributed by atoms with Crippen LogP contribution in [0, 0.1) is 6.92 Å². The quantitative estimate of drug-likeness (QED) is 0.626. The molecule has 1 heteroatoms. The lowest BCUT2D eigenvalue weighted by atomic mass is 10.1. The lowest BCUT2D eigenvalue weighted by Gasteiger charge is -1.94. The van der Waals surface area contributed by atoms with Crippen LogP contribution in [-0.2, 0) is 0 Å². The lowest BCUT2D eigenvalue weighted by molar-refractivity contribution is 1.41. The maximum atomic E-state index is 11.7. The summed E-state index contributed by atoms with van der Waals surface area (Å²) in [5, 5.41) is 0. The zero-order valence-electron chi connectivity index (χ0n) is 7.71. The van der Waals surface area contributed by atoms with Gasteiger partial charge in [0.25, 0.3) is 0 Å². The molecule has 0 saturated heterocycles. The molecule has 66 valence electrons. The van der Waals surface area contributed by atoms with Crippen molar-refractivity contribution in [2.75, 3.05) is 0 Å². The van der Waals surface area contributed by atoms with E-state index in [9.17, 15) is 4.79 Å². The minimum atomic E-state index is 0.0231. The second kappa shape index (κ2) is 3.85. The highest BCUT2D eigenvalue weighted by molar-refractivity contribution is 5.71. The Kier molecular flexibility index (Phi) is 2.80. The van der Waals surface area contributed by atoms with Crippen molar-refractivity contribution in [1.82, 2.24) is 0 Å². The topological polar surface area (TPSA) is 17.1 Å². The molecule has 0 saturated carbocycles. The van der Waals surface area contributed by atoms with Crippen molar-refractivity contribution < 1.29 is 0 Å². The standard InChI is InChI=1S/C12H12O/c1-4-9(2)11-8-6-5-7-10(3)12(11)13/h4-8H,1-2H2,3H3. The van der Waals surface area contributed by atoms with Gasteiger partial charge < -0.3 is 0 Å². The number of allylic oxidation sites excluding steroid dienone is 2. The lowest BCUT2D eigenvalue weighted by Crippen LogP contribution is -2.06. The Balaban J connectivity index is 3.49. The molecule has 0 atom stereocenters. The van der Waals surface area contributed by atoms with Gasteiger partial charge in [-0.1, -0.05) is 43.5 Å². The second-order valence-electron chi connectivity index (χ2n) is 2.87. The fourth-order valence-corrected chi connectivity index (χ4v) is 1.08. The molecule has 0 aliphatic heterocycles. The average molecular weight is 172 g/mol. The van der Waals surface area contributed by atoms with Crippen LogP contribution in [0.5, 0.6) is 0 Å². The molecule has 0 aliphatic carbocycles. The third-order valence-corrected chi connectivity index (χ3v) is 1.92. The van der Waals surface area contributed by atoms with Crippen LogP contribution in [0.3, 0.4) is 0 Å². The summed E-state index contributed by atoms with van der Waals surface area (Å²) in [6.45, 7) is 9.14. The van der Waals surface area contributed by atoms with Gasteiger partial charge in [-0.05, 0) is 18.1 Å². The summed E-state index contributed by atoms with van der Waals surface area (Å²) in [6.07, 6.45) is 1.59. The minimum absolute atomic E-state index is 0.0231. The molecule has 1 aromatic carbocycles. The van der Waals surface area contributed by atoms with Gasteiger partial charge >= 0.3 is 0 Å². The zero-order valence-corrected chi connectivity index (χ0v) is 7.71. The van der Waals surface area contributed by atoms with Crippen LogP contribution in [0.2, 0.25) is 0 Å². The van der Waals surface area contributed by atoms with Crippen LogP contribution < -0.4 is 5.43 Å². The van der Waals surface area contributed by atoms with E-state index in [1.54, 1.807) is 25.1 Å². The van der Waals surface area contributed by atoms with Crippen LogP contribution in [0.1, 0.15) is 11.1 Å². The van der Waals surface area contributed by atoms with Gasteiger partial charge in [0.05, 0.1) is 0 Å². The molecule has 0 aromatic heterocycles. The summed E-state index contributed by atoms with van der Waals surface area (Å²) < 4.78 is 0. The molecule has 0 unspecified atom stereocenters. The van der Waals surface area contributed by atoms with E-state index in [0.717, 1.165) is 5.56 Å². The molecular formula is C12H12O. The third kappa shape index (κ3) is 1.94. The number of hydrogen-bond acceptors (Lipinski definition) is 1. The summed E-state index contributed by atoms with van der Waals surface area (Å²) in [5.74, 6) is 0. The van der Waals surface area contributed by atoms with Crippen LogP contribution in [0.4, 0.5) is 0 Å². The molecule has 1 aromatic rings. The van der Waals surface area contributed by atoms with Crippen LogP contribution in [-0.4, -0.2) is 0 Å². The summed E-state index contributed by atoms with van der Waals surface area (Å²) >= 11 is 0. The van der Waals surface area contributed by atoms with E-state index < -0.39 is 0 Å². The number of hydrogen-bond donors (Lipinski definition) is 0. The van der Waals surface area contributed by atoms with Crippen molar-refractivity contribution in [3.8, 4) is 0 Å². The van der Waals surface area contributed by atoms with E-state index in [2.05, 4.69) is 13.2 Å². The smallest absolute Gasteiger partial charge is 0.189 e. The molecule has 0 spiro atoms. The summed E-state index contributed by atoms with van der Waals surface area (Å²) in [7, 11) is 0. The van der Waals surface area contributed by atoms with Crippen molar-refractivity contribution >= 4 is 5.57 Å². The Bertz CT molecular complexity index is 402. The third-order valence-electron chi connectivity index (χ3n) is 1.92. The van der Waals surface area contributed by atoms with Crippen molar-refractivity contribution in [2.45, 2.75) is 6.92 Å². The summed E-state index contributed by atoms with van der Waals surface area (Å²) in [6, 6.07) is 7.23. The second-order valence-corrected chi connectivity index (χ2v) is 2.87. The Morgan fingerprint density at radius 3 is 2.62 bits per heavy atom. The van der Waals surface area contributed by atoms with Gasteiger partial charge in [0, 0.05) is 5.56 Å². The molecule has 0 N–H and O–H groups in total. The van der Waals surface area contributed by atoms with Crippen LogP contribution in [0.15, 0.2) is 48.3 Å². The first-order valence-corrected chi connectivity index (χ1v) is 4.08. The molecule has 0 heterocycles. The molecule has 1 rings (SSSR count). The van der Waals surface area contributed by atoms with E-state index in [1.165, 1.54) is 0 Å². The molecule has 0 amide bonds. The first kappa shape index (κ1) is 9.46. The van der Waals surface area contributed by atoms with Crippen molar-refractivity contribution in [3.63, 3.8) is 0 Å². The summed E-state index contributed by atoms with van der Waals surface area (Å²) in [5.41, 5.74) is 2.04. The van der Waals surface area contributed by atoms with Gasteiger partial charge in [-0.15, -0.1) is 0 Å². The van der Waals surface area contributed by atoms with Crippen molar-refractivity contribution in [2.24, 2.45) is 0 Å². The fraction of sp³-hybridized carbons (Fsp3) is 0.0833. The first-order valence-electron chi connectivity index (χ1n) is 4.08. The fourth-order valence-electron chi connectivity index (χ4n) is 1.08. The number of aryl methyl sites for hydroxylation is 1. The van der Waals surface area contributed by atoms with Crippen LogP contribution >= 0.6 is 0 Å². The summed E-state index contributed by atoms with van der Waals surface area (Å²) in [4.78, 5) is 11.7. The monoisotopic (exact) mass is 172 g/mol. The molecule has 0 fully saturated rings. The Morgan fingerprint density at radius 2 is 2.00 bits per heavy atom. The Hall–Kier alpha value is -1.63. The molecule has 13 heavy (non-hydrogen) atoms. The predicted octanol–water partition coefficient (Wildman–Crippen LogP) is 2.55. The largest absolute Gasteiger partial charge is 0.289 e. The molecular weight excluding hydrogens is 160 g/mol. The van der Waals surface area contributed by atoms with Crippen molar-refractivity contribution in [3.05, 3.63) is 64.8 Å². The highest BCUT2D eigenvalue weighted by Crippen LogP contribution is 2.07. The Morgan fingerprint density at radius 1 is 1.38 bits per heavy atom. The van der Waals surface area contributed by atoms with Crippen LogP contribution in [0.25, 0.3) is 5.57 Å². The Labute approximate surface area is 78.0 Å². The molecule has 0 bridgehead atoms. The predicted molar refractivity (Wildman–Crippen MR) is 56.7 cm³/mol. The normalized spacial score (nSPS) is 9.31. The van der Waals surface area contributed by atoms with Gasteiger partial charge in [0.2, 0.25) is 0 Å². The minimum Gasteiger partial charge on any atom is -0.289 e. The SMILES string of the molecule is C=CC(=C)c1ccccc(C)c1=O. The van der Waals surface area contributed by atoms with Gasteiger partial charge in [0.15, 0.2) is 5.43 Å². The molecule has 1 nitrogen and oxygen atoms in total. The van der Waals surface area contributed by atoms with Crippen molar-refractivity contribution in [1.29, 1.82) is 0 Å². The molecule has 0 aliphatic rings. The van der Waals surface area contributed by atoms with E-state index in [4.69, 9.17) is 0 Å². The van der Waals surface area contributed by atoms with Gasteiger partial charge in [-0.2, -0.15) is 0 Å². The average Bonchev–Trinajstić information content (AvgIpc) is 2.29. The van der Waals surface area contributed by atoms with E-state index in [1.807, 2.05) is 12.1 Å². The van der Waals surface area contributed by atoms with E-state index >= 15 is 0 Å². The van der Waals surface area contributed by atoms with Gasteiger partial charge in [-0.3, -0.25) is 4.79 Å². The first-order chi connectivity index (χ1) is 6.16. The van der Waals surface area contributed by atoms with Gasteiger partial charge in [-0.25, -0.2) is 0 Å². The maximum Gasteiger partial charge on any atom is 0.189 e.